The van der Waals surface area contributed by atoms with Gasteiger partial charge in [-0.2, -0.15) is 0 Å². The molecule has 0 spiro atoms. The highest BCUT2D eigenvalue weighted by Crippen LogP contribution is 2.23. The summed E-state index contributed by atoms with van der Waals surface area (Å²) in [6.45, 7) is 8.57. The smallest absolute Gasteiger partial charge is 0.220 e. The first kappa shape index (κ1) is 17.5. The molecule has 3 N–H and O–H groups in total. The topological polar surface area (TPSA) is 65.1 Å². The maximum atomic E-state index is 12.1. The Morgan fingerprint density at radius 1 is 1.39 bits per heavy atom. The number of hydrogen-bond acceptors (Lipinski definition) is 2. The summed E-state index contributed by atoms with van der Waals surface area (Å²) in [5.41, 5.74) is 3.46. The van der Waals surface area contributed by atoms with Crippen LogP contribution in [0.5, 0.6) is 0 Å². The number of aromatic nitrogens is 1. The van der Waals surface area contributed by atoms with Crippen molar-refractivity contribution in [2.75, 3.05) is 6.54 Å². The van der Waals surface area contributed by atoms with Crippen LogP contribution in [0.3, 0.4) is 0 Å². The number of aliphatic hydroxyl groups is 1. The molecule has 0 radical (unpaired) electrons. The quantitative estimate of drug-likeness (QED) is 0.733. The van der Waals surface area contributed by atoms with Gasteiger partial charge in [0, 0.05) is 30.1 Å². The van der Waals surface area contributed by atoms with E-state index in [1.165, 1.54) is 16.5 Å². The molecule has 0 saturated heterocycles. The van der Waals surface area contributed by atoms with Gasteiger partial charge in [0.1, 0.15) is 0 Å². The lowest BCUT2D eigenvalue weighted by atomic mass is 9.87. The molecule has 1 unspecified atom stereocenters. The Hall–Kier alpha value is -1.81. The zero-order chi connectivity index (χ0) is 17.0. The molecule has 0 aliphatic rings. The second-order valence-corrected chi connectivity index (χ2v) is 7.31. The van der Waals surface area contributed by atoms with Gasteiger partial charge in [-0.1, -0.05) is 32.0 Å². The molecular formula is C19H28N2O2. The van der Waals surface area contributed by atoms with E-state index in [9.17, 15) is 9.90 Å². The molecule has 0 bridgehead atoms. The molecule has 2 aromatic rings. The molecule has 0 aliphatic carbocycles. The molecule has 1 amide bonds. The molecule has 23 heavy (non-hydrogen) atoms. The predicted molar refractivity (Wildman–Crippen MR) is 94.4 cm³/mol. The molecule has 0 saturated carbocycles. The third kappa shape index (κ3) is 4.83. The van der Waals surface area contributed by atoms with E-state index in [-0.39, 0.29) is 17.4 Å². The van der Waals surface area contributed by atoms with Crippen molar-refractivity contribution >= 4 is 16.8 Å². The maximum Gasteiger partial charge on any atom is 0.220 e. The Balaban J connectivity index is 1.88. The van der Waals surface area contributed by atoms with E-state index < -0.39 is 0 Å². The van der Waals surface area contributed by atoms with E-state index in [4.69, 9.17) is 0 Å². The molecule has 0 fully saturated rings. The van der Waals surface area contributed by atoms with Crippen LogP contribution in [0.25, 0.3) is 10.9 Å². The summed E-state index contributed by atoms with van der Waals surface area (Å²) in [6, 6.07) is 6.23. The predicted octanol–water partition coefficient (Wildman–Crippen LogP) is 3.32. The third-order valence-electron chi connectivity index (χ3n) is 4.24. The molecule has 4 nitrogen and oxygen atoms in total. The van der Waals surface area contributed by atoms with Crippen LogP contribution in [0.2, 0.25) is 0 Å². The van der Waals surface area contributed by atoms with Crippen LogP contribution in [0.15, 0.2) is 24.4 Å². The van der Waals surface area contributed by atoms with Crippen LogP contribution in [0.4, 0.5) is 0 Å². The Morgan fingerprint density at radius 2 is 2.13 bits per heavy atom. The first-order valence-electron chi connectivity index (χ1n) is 8.29. The van der Waals surface area contributed by atoms with E-state index in [2.05, 4.69) is 43.2 Å². The Bertz CT molecular complexity index is 671. The minimum absolute atomic E-state index is 0.0608. The SMILES string of the molecule is Cc1cccc2c(CCC(=O)NCC(C)(C)CC(C)O)c[nH]c12. The number of aliphatic hydroxyl groups excluding tert-OH is 1. The molecule has 0 aliphatic heterocycles. The van der Waals surface area contributed by atoms with Crippen LogP contribution in [-0.2, 0) is 11.2 Å². The van der Waals surface area contributed by atoms with Crippen molar-refractivity contribution in [3.05, 3.63) is 35.5 Å². The summed E-state index contributed by atoms with van der Waals surface area (Å²) in [5.74, 6) is 0.0608. The van der Waals surface area contributed by atoms with Gasteiger partial charge in [0.05, 0.1) is 6.10 Å². The van der Waals surface area contributed by atoms with Gasteiger partial charge in [-0.25, -0.2) is 0 Å². The average molecular weight is 316 g/mol. The number of benzene rings is 1. The van der Waals surface area contributed by atoms with Gasteiger partial charge < -0.3 is 15.4 Å². The van der Waals surface area contributed by atoms with Crippen molar-refractivity contribution in [3.8, 4) is 0 Å². The van der Waals surface area contributed by atoms with Crippen LogP contribution in [-0.4, -0.2) is 28.6 Å². The van der Waals surface area contributed by atoms with Gasteiger partial charge in [0.15, 0.2) is 0 Å². The first-order valence-corrected chi connectivity index (χ1v) is 8.29. The molecule has 2 rings (SSSR count). The van der Waals surface area contributed by atoms with Gasteiger partial charge >= 0.3 is 0 Å². The summed E-state index contributed by atoms with van der Waals surface area (Å²) < 4.78 is 0. The fourth-order valence-electron chi connectivity index (χ4n) is 3.12. The fourth-order valence-corrected chi connectivity index (χ4v) is 3.12. The van der Waals surface area contributed by atoms with Gasteiger partial charge in [0.2, 0.25) is 5.91 Å². The van der Waals surface area contributed by atoms with E-state index in [1.54, 1.807) is 6.92 Å². The largest absolute Gasteiger partial charge is 0.393 e. The zero-order valence-corrected chi connectivity index (χ0v) is 14.6. The number of fused-ring (bicyclic) bond motifs is 1. The van der Waals surface area contributed by atoms with Crippen LogP contribution in [0, 0.1) is 12.3 Å². The lowest BCUT2D eigenvalue weighted by molar-refractivity contribution is -0.121. The highest BCUT2D eigenvalue weighted by Gasteiger charge is 2.21. The number of aromatic amines is 1. The van der Waals surface area contributed by atoms with Gasteiger partial charge in [0.25, 0.3) is 0 Å². The van der Waals surface area contributed by atoms with Crippen LogP contribution >= 0.6 is 0 Å². The third-order valence-corrected chi connectivity index (χ3v) is 4.24. The zero-order valence-electron chi connectivity index (χ0n) is 14.6. The number of carbonyl (C=O) groups excluding carboxylic acids is 1. The second kappa shape index (κ2) is 7.18. The van der Waals surface area contributed by atoms with Gasteiger partial charge in [-0.05, 0) is 43.2 Å². The summed E-state index contributed by atoms with van der Waals surface area (Å²) in [7, 11) is 0. The van der Waals surface area contributed by atoms with Crippen molar-refractivity contribution in [3.63, 3.8) is 0 Å². The normalized spacial score (nSPS) is 13.3. The molecule has 126 valence electrons. The number of para-hydroxylation sites is 1. The fraction of sp³-hybridized carbons (Fsp3) is 0.526. The lowest BCUT2D eigenvalue weighted by Gasteiger charge is -2.26. The second-order valence-electron chi connectivity index (χ2n) is 7.31. The van der Waals surface area contributed by atoms with Gasteiger partial charge in [-0.3, -0.25) is 4.79 Å². The molecule has 1 aromatic carbocycles. The van der Waals surface area contributed by atoms with E-state index in [1.807, 2.05) is 12.3 Å². The van der Waals surface area contributed by atoms with E-state index in [0.29, 0.717) is 19.4 Å². The van der Waals surface area contributed by atoms with Crippen molar-refractivity contribution in [2.45, 2.75) is 53.1 Å². The minimum atomic E-state index is -0.351. The maximum absolute atomic E-state index is 12.1. The number of amides is 1. The molecule has 4 heteroatoms. The molecular weight excluding hydrogens is 288 g/mol. The van der Waals surface area contributed by atoms with Crippen molar-refractivity contribution in [1.29, 1.82) is 0 Å². The minimum Gasteiger partial charge on any atom is -0.393 e. The summed E-state index contributed by atoms with van der Waals surface area (Å²) in [6.07, 6.45) is 3.53. The van der Waals surface area contributed by atoms with E-state index in [0.717, 1.165) is 11.9 Å². The first-order chi connectivity index (χ1) is 10.8. The van der Waals surface area contributed by atoms with Gasteiger partial charge in [-0.15, -0.1) is 0 Å². The Labute approximate surface area is 138 Å². The van der Waals surface area contributed by atoms with Crippen molar-refractivity contribution < 1.29 is 9.90 Å². The highest BCUT2D eigenvalue weighted by atomic mass is 16.3. The highest BCUT2D eigenvalue weighted by molar-refractivity contribution is 5.86. The lowest BCUT2D eigenvalue weighted by Crippen LogP contribution is -2.35. The van der Waals surface area contributed by atoms with Crippen LogP contribution in [0.1, 0.15) is 44.7 Å². The monoisotopic (exact) mass is 316 g/mol. The van der Waals surface area contributed by atoms with Crippen molar-refractivity contribution in [1.82, 2.24) is 10.3 Å². The summed E-state index contributed by atoms with van der Waals surface area (Å²) >= 11 is 0. The van der Waals surface area contributed by atoms with Crippen LogP contribution < -0.4 is 5.32 Å². The number of carbonyl (C=O) groups is 1. The number of nitrogens with one attached hydrogen (secondary N) is 2. The number of aryl methyl sites for hydroxylation is 2. The van der Waals surface area contributed by atoms with Crippen molar-refractivity contribution in [2.24, 2.45) is 5.41 Å². The van der Waals surface area contributed by atoms with E-state index >= 15 is 0 Å². The Morgan fingerprint density at radius 3 is 2.83 bits per heavy atom. The summed E-state index contributed by atoms with van der Waals surface area (Å²) in [4.78, 5) is 15.4. The summed E-state index contributed by atoms with van der Waals surface area (Å²) in [5, 5.41) is 13.7. The number of rotatable bonds is 7. The number of H-pyrrole nitrogens is 1. The molecule has 1 heterocycles. The molecule has 1 atom stereocenters. The molecule has 1 aromatic heterocycles. The number of hydrogen-bond donors (Lipinski definition) is 3. The average Bonchev–Trinajstić information content (AvgIpc) is 2.86. The Kier molecular flexibility index (Phi) is 5.47. The standard InChI is InChI=1S/C19H28N2O2/c1-13-6-5-7-16-15(11-20-18(13)16)8-9-17(23)21-12-19(3,4)10-14(2)22/h5-7,11,14,20,22H,8-10,12H2,1-4H3,(H,21,23).